The summed E-state index contributed by atoms with van der Waals surface area (Å²) in [6.07, 6.45) is 1.86. The van der Waals surface area contributed by atoms with Crippen LogP contribution in [0.25, 0.3) is 0 Å². The number of hydrazine groups is 1. The zero-order valence-electron chi connectivity index (χ0n) is 13.0. The van der Waals surface area contributed by atoms with Gasteiger partial charge in [-0.2, -0.15) is 0 Å². The molecule has 0 atom stereocenters. The van der Waals surface area contributed by atoms with E-state index in [1.54, 1.807) is 0 Å². The van der Waals surface area contributed by atoms with Gasteiger partial charge in [0.15, 0.2) is 0 Å². The van der Waals surface area contributed by atoms with Crippen LogP contribution >= 0.6 is 0 Å². The van der Waals surface area contributed by atoms with Crippen molar-refractivity contribution in [2.24, 2.45) is 5.84 Å². The Balaban J connectivity index is 2.17. The lowest BCUT2D eigenvalue weighted by Crippen LogP contribution is -2.47. The van der Waals surface area contributed by atoms with E-state index in [9.17, 15) is 0 Å². The number of nitrogen functional groups attached to an aromatic ring is 1. The fourth-order valence-electron chi connectivity index (χ4n) is 2.66. The number of rotatable bonds is 6. The highest BCUT2D eigenvalue weighted by Crippen LogP contribution is 2.24. The van der Waals surface area contributed by atoms with Gasteiger partial charge in [0.25, 0.3) is 0 Å². The highest BCUT2D eigenvalue weighted by molar-refractivity contribution is 5.58. The van der Waals surface area contributed by atoms with E-state index < -0.39 is 0 Å². The zero-order valence-corrected chi connectivity index (χ0v) is 13.0. The Hall–Kier alpha value is -1.44. The van der Waals surface area contributed by atoms with Crippen molar-refractivity contribution < 1.29 is 5.11 Å². The molecule has 0 spiro atoms. The maximum absolute atomic E-state index is 9.01. The highest BCUT2D eigenvalue weighted by atomic mass is 16.3. The third-order valence-electron chi connectivity index (χ3n) is 3.86. The molecule has 0 amide bonds. The van der Waals surface area contributed by atoms with Crippen molar-refractivity contribution in [1.29, 1.82) is 0 Å². The number of hydrogen-bond acceptors (Lipinski definition) is 7. The molecule has 1 aromatic heterocycles. The molecule has 0 radical (unpaired) electrons. The number of anilines is 2. The van der Waals surface area contributed by atoms with E-state index in [1.807, 2.05) is 6.92 Å². The summed E-state index contributed by atoms with van der Waals surface area (Å²) in [7, 11) is 0. The molecule has 2 heterocycles. The Morgan fingerprint density at radius 1 is 1.24 bits per heavy atom. The van der Waals surface area contributed by atoms with Crippen LogP contribution in [-0.2, 0) is 6.42 Å². The van der Waals surface area contributed by atoms with Crippen LogP contribution in [0.5, 0.6) is 0 Å². The Morgan fingerprint density at radius 2 is 1.95 bits per heavy atom. The van der Waals surface area contributed by atoms with Gasteiger partial charge in [-0.1, -0.05) is 6.92 Å². The topological polar surface area (TPSA) is 90.5 Å². The van der Waals surface area contributed by atoms with E-state index in [0.29, 0.717) is 5.82 Å². The average Bonchev–Trinajstić information content (AvgIpc) is 2.50. The minimum absolute atomic E-state index is 0.217. The first-order valence-corrected chi connectivity index (χ1v) is 7.61. The highest BCUT2D eigenvalue weighted by Gasteiger charge is 2.21. The summed E-state index contributed by atoms with van der Waals surface area (Å²) in [6, 6.07) is 0. The number of hydrogen-bond donors (Lipinski definition) is 3. The van der Waals surface area contributed by atoms with Crippen LogP contribution in [0.1, 0.15) is 24.7 Å². The van der Waals surface area contributed by atoms with Crippen LogP contribution in [0, 0.1) is 6.92 Å². The Morgan fingerprint density at radius 3 is 2.52 bits per heavy atom. The fraction of sp³-hybridized carbons (Fsp3) is 0.714. The largest absolute Gasteiger partial charge is 0.395 e. The molecule has 1 saturated heterocycles. The number of β-amino-alcohol motifs (C(OH)–C–C–N with tert-alkyl or cyclic N) is 1. The number of nitrogens with zero attached hydrogens (tertiary/aromatic N) is 4. The molecule has 0 bridgehead atoms. The van der Waals surface area contributed by atoms with Crippen LogP contribution in [0.4, 0.5) is 11.6 Å². The van der Waals surface area contributed by atoms with E-state index in [1.165, 1.54) is 0 Å². The number of aliphatic hydroxyl groups is 1. The van der Waals surface area contributed by atoms with Crippen molar-refractivity contribution in [2.45, 2.75) is 26.7 Å². The number of aryl methyl sites for hydroxylation is 1. The Labute approximate surface area is 126 Å². The SMILES string of the molecule is CCCc1nc(NN)c(C)c(N2CCN(CCO)CC2)n1. The standard InChI is InChI=1S/C14H26N6O/c1-3-4-12-16-13(18-15)11(2)14(17-12)20-7-5-19(6-8-20)9-10-21/h21H,3-10,15H2,1-2H3,(H,16,17,18). The quantitative estimate of drug-likeness (QED) is 0.508. The number of nitrogens with two attached hydrogens (primary N) is 1. The van der Waals surface area contributed by atoms with Gasteiger partial charge in [0.05, 0.1) is 6.61 Å². The van der Waals surface area contributed by atoms with Crippen molar-refractivity contribution in [3.05, 3.63) is 11.4 Å². The summed E-state index contributed by atoms with van der Waals surface area (Å²) in [4.78, 5) is 13.7. The lowest BCUT2D eigenvalue weighted by Gasteiger charge is -2.36. The first-order valence-electron chi connectivity index (χ1n) is 7.61. The average molecular weight is 294 g/mol. The van der Waals surface area contributed by atoms with Crippen LogP contribution in [0.3, 0.4) is 0 Å². The molecule has 0 unspecified atom stereocenters. The lowest BCUT2D eigenvalue weighted by atomic mass is 10.2. The first kappa shape index (κ1) is 15.9. The number of nitrogens with one attached hydrogen (secondary N) is 1. The molecule has 0 aliphatic carbocycles. The predicted octanol–water partition coefficient (Wildman–Crippen LogP) is 0.137. The van der Waals surface area contributed by atoms with Gasteiger partial charge >= 0.3 is 0 Å². The normalized spacial score (nSPS) is 16.3. The van der Waals surface area contributed by atoms with E-state index >= 15 is 0 Å². The van der Waals surface area contributed by atoms with Crippen molar-refractivity contribution in [3.8, 4) is 0 Å². The molecular weight excluding hydrogens is 268 g/mol. The Kier molecular flexibility index (Phi) is 5.72. The van der Waals surface area contributed by atoms with Crippen LogP contribution in [0.15, 0.2) is 0 Å². The molecule has 1 aliphatic rings. The lowest BCUT2D eigenvalue weighted by molar-refractivity contribution is 0.188. The number of aromatic nitrogens is 2. The van der Waals surface area contributed by atoms with Crippen molar-refractivity contribution in [3.63, 3.8) is 0 Å². The Bertz CT molecular complexity index is 459. The third-order valence-corrected chi connectivity index (χ3v) is 3.86. The van der Waals surface area contributed by atoms with E-state index in [2.05, 4.69) is 27.1 Å². The molecule has 1 aromatic rings. The molecule has 1 fully saturated rings. The van der Waals surface area contributed by atoms with E-state index in [0.717, 1.165) is 62.8 Å². The van der Waals surface area contributed by atoms with Crippen molar-refractivity contribution in [2.75, 3.05) is 49.7 Å². The molecule has 2 rings (SSSR count). The van der Waals surface area contributed by atoms with E-state index in [4.69, 9.17) is 15.9 Å². The molecule has 0 aromatic carbocycles. The van der Waals surface area contributed by atoms with Gasteiger partial charge in [-0.15, -0.1) is 0 Å². The van der Waals surface area contributed by atoms with Gasteiger partial charge < -0.3 is 15.4 Å². The first-order chi connectivity index (χ1) is 10.2. The monoisotopic (exact) mass is 294 g/mol. The van der Waals surface area contributed by atoms with Crippen molar-refractivity contribution in [1.82, 2.24) is 14.9 Å². The molecule has 118 valence electrons. The van der Waals surface area contributed by atoms with Crippen LogP contribution < -0.4 is 16.2 Å². The fourth-order valence-corrected chi connectivity index (χ4v) is 2.66. The minimum atomic E-state index is 0.217. The minimum Gasteiger partial charge on any atom is -0.395 e. The summed E-state index contributed by atoms with van der Waals surface area (Å²) in [5, 5.41) is 9.01. The maximum atomic E-state index is 9.01. The number of piperazine rings is 1. The molecule has 4 N–H and O–H groups in total. The summed E-state index contributed by atoms with van der Waals surface area (Å²) in [5.41, 5.74) is 3.67. The van der Waals surface area contributed by atoms with Gasteiger partial charge in [-0.3, -0.25) is 4.90 Å². The second-order valence-corrected chi connectivity index (χ2v) is 5.38. The van der Waals surface area contributed by atoms with Crippen LogP contribution in [0.2, 0.25) is 0 Å². The molecule has 7 nitrogen and oxygen atoms in total. The van der Waals surface area contributed by atoms with Gasteiger partial charge in [0, 0.05) is 44.7 Å². The molecule has 1 aliphatic heterocycles. The second kappa shape index (κ2) is 7.53. The summed E-state index contributed by atoms with van der Waals surface area (Å²) in [5.74, 6) is 8.10. The van der Waals surface area contributed by atoms with Gasteiger partial charge in [0.1, 0.15) is 17.5 Å². The molecule has 7 heteroatoms. The second-order valence-electron chi connectivity index (χ2n) is 5.38. The maximum Gasteiger partial charge on any atom is 0.148 e. The summed E-state index contributed by atoms with van der Waals surface area (Å²) in [6.45, 7) is 8.78. The summed E-state index contributed by atoms with van der Waals surface area (Å²) < 4.78 is 0. The van der Waals surface area contributed by atoms with Gasteiger partial charge in [-0.05, 0) is 13.3 Å². The van der Waals surface area contributed by atoms with E-state index in [-0.39, 0.29) is 6.61 Å². The van der Waals surface area contributed by atoms with Gasteiger partial charge in [0.2, 0.25) is 0 Å². The third kappa shape index (κ3) is 3.81. The molecular formula is C14H26N6O. The molecule has 0 saturated carbocycles. The number of aliphatic hydroxyl groups excluding tert-OH is 1. The molecule has 21 heavy (non-hydrogen) atoms. The predicted molar refractivity (Wildman–Crippen MR) is 84.3 cm³/mol. The van der Waals surface area contributed by atoms with Crippen LogP contribution in [-0.4, -0.2) is 59.3 Å². The van der Waals surface area contributed by atoms with Gasteiger partial charge in [-0.25, -0.2) is 15.8 Å². The van der Waals surface area contributed by atoms with Crippen molar-refractivity contribution >= 4 is 11.6 Å². The zero-order chi connectivity index (χ0) is 15.2. The smallest absolute Gasteiger partial charge is 0.148 e. The summed E-state index contributed by atoms with van der Waals surface area (Å²) >= 11 is 0.